The van der Waals surface area contributed by atoms with Gasteiger partial charge in [-0.2, -0.15) is 5.10 Å². The van der Waals surface area contributed by atoms with E-state index in [-0.39, 0.29) is 18.0 Å². The molecule has 1 heterocycles. The van der Waals surface area contributed by atoms with Crippen LogP contribution in [0.15, 0.2) is 30.6 Å². The largest absolute Gasteiger partial charge is 0.478 e. The molecule has 0 aliphatic rings. The number of hydrogen-bond donors (Lipinski definition) is 2. The van der Waals surface area contributed by atoms with Crippen molar-refractivity contribution in [3.63, 3.8) is 0 Å². The number of amides is 1. The van der Waals surface area contributed by atoms with Crippen LogP contribution in [0, 0.1) is 0 Å². The molecule has 0 atom stereocenters. The Morgan fingerprint density at radius 3 is 2.70 bits per heavy atom. The minimum atomic E-state index is -1.10. The van der Waals surface area contributed by atoms with Crippen molar-refractivity contribution in [1.29, 1.82) is 0 Å². The van der Waals surface area contributed by atoms with Gasteiger partial charge in [0, 0.05) is 11.2 Å². The van der Waals surface area contributed by atoms with Crippen molar-refractivity contribution in [2.24, 2.45) is 0 Å². The second-order valence-corrected chi connectivity index (χ2v) is 4.75. The van der Waals surface area contributed by atoms with E-state index >= 15 is 0 Å². The van der Waals surface area contributed by atoms with Crippen LogP contribution in [0.25, 0.3) is 0 Å². The highest BCUT2D eigenvalue weighted by atomic mass is 35.5. The van der Waals surface area contributed by atoms with Crippen molar-refractivity contribution < 1.29 is 14.7 Å². The van der Waals surface area contributed by atoms with Gasteiger partial charge in [-0.25, -0.2) is 4.79 Å². The third kappa shape index (κ3) is 3.49. The second-order valence-electron chi connectivity index (χ2n) is 3.90. The zero-order valence-electron chi connectivity index (χ0n) is 10.0. The summed E-state index contributed by atoms with van der Waals surface area (Å²) in [5.41, 5.74) is 0.439. The predicted octanol–water partition coefficient (Wildman–Crippen LogP) is 2.53. The maximum absolute atomic E-state index is 11.8. The summed E-state index contributed by atoms with van der Waals surface area (Å²) in [6.45, 7) is -0.119. The standard InChI is InChI=1S/C12H9Cl2N3O3/c13-8-1-2-10(9(14)3-8)16-11(18)6-17-5-7(4-15-17)12(19)20/h1-5H,6H2,(H,16,18)(H,19,20). The van der Waals surface area contributed by atoms with Crippen LogP contribution in [-0.4, -0.2) is 26.8 Å². The third-order valence-corrected chi connectivity index (χ3v) is 2.94. The first-order valence-corrected chi connectivity index (χ1v) is 6.22. The Morgan fingerprint density at radius 1 is 1.35 bits per heavy atom. The monoisotopic (exact) mass is 313 g/mol. The van der Waals surface area contributed by atoms with Gasteiger partial charge < -0.3 is 10.4 Å². The number of nitrogens with one attached hydrogen (secondary N) is 1. The highest BCUT2D eigenvalue weighted by molar-refractivity contribution is 6.36. The molecule has 6 nitrogen and oxygen atoms in total. The van der Waals surface area contributed by atoms with Crippen molar-refractivity contribution in [2.45, 2.75) is 6.54 Å². The van der Waals surface area contributed by atoms with E-state index < -0.39 is 5.97 Å². The Bertz CT molecular complexity index is 670. The molecule has 0 aliphatic heterocycles. The quantitative estimate of drug-likeness (QED) is 0.908. The van der Waals surface area contributed by atoms with E-state index in [0.717, 1.165) is 0 Å². The number of carboxylic acids is 1. The van der Waals surface area contributed by atoms with Gasteiger partial charge in [-0.1, -0.05) is 23.2 Å². The maximum atomic E-state index is 11.8. The van der Waals surface area contributed by atoms with Crippen LogP contribution < -0.4 is 5.32 Å². The van der Waals surface area contributed by atoms with Gasteiger partial charge in [-0.3, -0.25) is 9.48 Å². The first-order chi connectivity index (χ1) is 9.45. The predicted molar refractivity (Wildman–Crippen MR) is 74.3 cm³/mol. The Morgan fingerprint density at radius 2 is 2.10 bits per heavy atom. The summed E-state index contributed by atoms with van der Waals surface area (Å²) in [6.07, 6.45) is 2.44. The Labute approximate surface area is 123 Å². The fourth-order valence-electron chi connectivity index (χ4n) is 1.49. The summed E-state index contributed by atoms with van der Waals surface area (Å²) < 4.78 is 1.22. The van der Waals surface area contributed by atoms with E-state index in [1.807, 2.05) is 0 Å². The van der Waals surface area contributed by atoms with Gasteiger partial charge >= 0.3 is 5.97 Å². The van der Waals surface area contributed by atoms with Crippen molar-refractivity contribution in [3.05, 3.63) is 46.2 Å². The lowest BCUT2D eigenvalue weighted by Gasteiger charge is -2.07. The molecule has 0 aliphatic carbocycles. The molecule has 2 aromatic rings. The van der Waals surface area contributed by atoms with Crippen LogP contribution >= 0.6 is 23.2 Å². The number of carbonyl (C=O) groups is 2. The average Bonchev–Trinajstić information content (AvgIpc) is 2.81. The van der Waals surface area contributed by atoms with Gasteiger partial charge in [0.15, 0.2) is 0 Å². The van der Waals surface area contributed by atoms with Crippen LogP contribution in [0.5, 0.6) is 0 Å². The molecule has 0 saturated heterocycles. The van der Waals surface area contributed by atoms with Gasteiger partial charge in [-0.05, 0) is 18.2 Å². The zero-order chi connectivity index (χ0) is 14.7. The number of hydrogen-bond acceptors (Lipinski definition) is 3. The number of nitrogens with zero attached hydrogens (tertiary/aromatic N) is 2. The molecule has 2 rings (SSSR count). The van der Waals surface area contributed by atoms with E-state index in [1.165, 1.54) is 23.1 Å². The van der Waals surface area contributed by atoms with Crippen molar-refractivity contribution >= 4 is 40.8 Å². The summed E-state index contributed by atoms with van der Waals surface area (Å²) in [5.74, 6) is -1.48. The molecule has 1 aromatic carbocycles. The van der Waals surface area contributed by atoms with E-state index in [0.29, 0.717) is 15.7 Å². The number of halogens is 2. The minimum absolute atomic E-state index is 0.0160. The highest BCUT2D eigenvalue weighted by Gasteiger charge is 2.10. The van der Waals surface area contributed by atoms with E-state index in [4.69, 9.17) is 28.3 Å². The molecule has 2 N–H and O–H groups in total. The molecule has 0 radical (unpaired) electrons. The van der Waals surface area contributed by atoms with Crippen LogP contribution in [0.3, 0.4) is 0 Å². The summed E-state index contributed by atoms with van der Waals surface area (Å²) >= 11 is 11.7. The first-order valence-electron chi connectivity index (χ1n) is 5.46. The average molecular weight is 314 g/mol. The molecule has 1 amide bonds. The van der Waals surface area contributed by atoms with Crippen LogP contribution in [0.1, 0.15) is 10.4 Å². The number of aromatic carboxylic acids is 1. The van der Waals surface area contributed by atoms with Crippen LogP contribution in [0.2, 0.25) is 10.0 Å². The number of benzene rings is 1. The molecular weight excluding hydrogens is 305 g/mol. The summed E-state index contributed by atoms with van der Waals surface area (Å²) in [6, 6.07) is 4.68. The number of aromatic nitrogens is 2. The molecule has 0 saturated carbocycles. The van der Waals surface area contributed by atoms with Gasteiger partial charge in [0.1, 0.15) is 6.54 Å². The summed E-state index contributed by atoms with van der Waals surface area (Å²) in [7, 11) is 0. The lowest BCUT2D eigenvalue weighted by molar-refractivity contribution is -0.116. The number of carboxylic acid groups (broad SMARTS) is 1. The molecule has 20 heavy (non-hydrogen) atoms. The molecule has 8 heteroatoms. The number of rotatable bonds is 4. The molecular formula is C12H9Cl2N3O3. The smallest absolute Gasteiger partial charge is 0.338 e. The van der Waals surface area contributed by atoms with E-state index in [2.05, 4.69) is 10.4 Å². The topological polar surface area (TPSA) is 84.2 Å². The van der Waals surface area contributed by atoms with Gasteiger partial charge in [-0.15, -0.1) is 0 Å². The summed E-state index contributed by atoms with van der Waals surface area (Å²) in [4.78, 5) is 22.5. The molecule has 0 fully saturated rings. The van der Waals surface area contributed by atoms with Crippen molar-refractivity contribution in [3.8, 4) is 0 Å². The SMILES string of the molecule is O=C(Cn1cc(C(=O)O)cn1)Nc1ccc(Cl)cc1Cl. The van der Waals surface area contributed by atoms with Crippen LogP contribution in [0.4, 0.5) is 5.69 Å². The van der Waals surface area contributed by atoms with Crippen molar-refractivity contribution in [2.75, 3.05) is 5.32 Å². The van der Waals surface area contributed by atoms with Crippen LogP contribution in [-0.2, 0) is 11.3 Å². The highest BCUT2D eigenvalue weighted by Crippen LogP contribution is 2.25. The van der Waals surface area contributed by atoms with Gasteiger partial charge in [0.2, 0.25) is 5.91 Å². The fraction of sp³-hybridized carbons (Fsp3) is 0.0833. The zero-order valence-corrected chi connectivity index (χ0v) is 11.5. The lowest BCUT2D eigenvalue weighted by Crippen LogP contribution is -2.19. The fourth-order valence-corrected chi connectivity index (χ4v) is 1.94. The molecule has 1 aromatic heterocycles. The molecule has 0 spiro atoms. The number of anilines is 1. The first kappa shape index (κ1) is 14.4. The number of carbonyl (C=O) groups excluding carboxylic acids is 1. The molecule has 0 unspecified atom stereocenters. The Hall–Kier alpha value is -2.05. The van der Waals surface area contributed by atoms with E-state index in [9.17, 15) is 9.59 Å². The third-order valence-electron chi connectivity index (χ3n) is 2.39. The van der Waals surface area contributed by atoms with Crippen molar-refractivity contribution in [1.82, 2.24) is 9.78 Å². The maximum Gasteiger partial charge on any atom is 0.338 e. The van der Waals surface area contributed by atoms with E-state index in [1.54, 1.807) is 12.1 Å². The second kappa shape index (κ2) is 5.94. The normalized spacial score (nSPS) is 10.3. The molecule has 104 valence electrons. The Kier molecular flexibility index (Phi) is 4.26. The Balaban J connectivity index is 2.03. The van der Waals surface area contributed by atoms with Gasteiger partial charge in [0.05, 0.1) is 22.5 Å². The lowest BCUT2D eigenvalue weighted by atomic mass is 10.3. The minimum Gasteiger partial charge on any atom is -0.478 e. The molecule has 0 bridgehead atoms. The van der Waals surface area contributed by atoms with Gasteiger partial charge in [0.25, 0.3) is 0 Å². The summed E-state index contributed by atoms with van der Waals surface area (Å²) in [5, 5.41) is 15.9.